The van der Waals surface area contributed by atoms with Gasteiger partial charge < -0.3 is 42.2 Å². The van der Waals surface area contributed by atoms with E-state index in [4.69, 9.17) is 42.2 Å². The summed E-state index contributed by atoms with van der Waals surface area (Å²) < 4.78 is 25.6. The van der Waals surface area contributed by atoms with Crippen molar-refractivity contribution >= 4 is 116 Å². The molecule has 0 amide bonds. The first-order chi connectivity index (χ1) is 5.20. The van der Waals surface area contributed by atoms with Crippen molar-refractivity contribution in [1.82, 2.24) is 0 Å². The van der Waals surface area contributed by atoms with Crippen molar-refractivity contribution in [3.63, 3.8) is 0 Å². The molecule has 0 aliphatic carbocycles. The molecular weight excluding hydrogens is 500 g/mol. The summed E-state index contributed by atoms with van der Waals surface area (Å²) >= 11 is 0. The topological polar surface area (TPSA) is 190 Å². The Morgan fingerprint density at radius 3 is 0.600 bits per heavy atom. The second kappa shape index (κ2) is 29.7. The van der Waals surface area contributed by atoms with Crippen LogP contribution in [0.25, 0.3) is 0 Å². The zero-order valence-electron chi connectivity index (χ0n) is 7.09. The van der Waals surface area contributed by atoms with Crippen LogP contribution in [0, 0.1) is 0 Å². The molecular formula is CaMgO9PbSi3. The van der Waals surface area contributed by atoms with E-state index in [1.54, 1.807) is 0 Å². The molecule has 0 fully saturated rings. The van der Waals surface area contributed by atoms with E-state index < -0.39 is 27.5 Å². The van der Waals surface area contributed by atoms with Crippen molar-refractivity contribution in [1.29, 1.82) is 0 Å². The second-order valence-electron chi connectivity index (χ2n) is 0.750. The monoisotopic (exact) mass is 500 g/mol. The quantitative estimate of drug-likeness (QED) is 0.291. The van der Waals surface area contributed by atoms with Crippen LogP contribution in [-0.4, -0.2) is 116 Å². The van der Waals surface area contributed by atoms with E-state index in [0.29, 0.717) is 0 Å². The van der Waals surface area contributed by atoms with Gasteiger partial charge in [0.1, 0.15) is 0 Å². The van der Waals surface area contributed by atoms with Crippen molar-refractivity contribution in [3.05, 3.63) is 0 Å². The number of hydrogen-bond acceptors (Lipinski definition) is 9. The molecule has 0 rings (SSSR count). The van der Waals surface area contributed by atoms with Crippen LogP contribution in [0.4, 0.5) is 0 Å². The standard InChI is InChI=1S/Ca.Mg.3O3Si.Pb/c;;3*1-4(2)3;/q2*+2;3*-2;+2. The maximum absolute atomic E-state index is 8.52. The summed E-state index contributed by atoms with van der Waals surface area (Å²) in [6.45, 7) is 0. The molecule has 9 nitrogen and oxygen atoms in total. The van der Waals surface area contributed by atoms with Crippen molar-refractivity contribution in [3.8, 4) is 0 Å². The van der Waals surface area contributed by atoms with E-state index in [-0.39, 0.29) is 88.1 Å². The van der Waals surface area contributed by atoms with E-state index in [2.05, 4.69) is 0 Å². The Morgan fingerprint density at radius 2 is 0.600 bits per heavy atom. The fourth-order valence-electron chi connectivity index (χ4n) is 0. The van der Waals surface area contributed by atoms with Crippen LogP contribution in [0.2, 0.25) is 0 Å². The third kappa shape index (κ3) is 930. The molecule has 15 heavy (non-hydrogen) atoms. The van der Waals surface area contributed by atoms with Gasteiger partial charge in [-0.3, -0.25) is 0 Å². The first-order valence-electron chi connectivity index (χ1n) is 1.84. The van der Waals surface area contributed by atoms with Crippen LogP contribution in [-0.2, 0) is 13.4 Å². The molecule has 0 spiro atoms. The maximum Gasteiger partial charge on any atom is 2.00 e. The molecule has 0 aromatic heterocycles. The molecule has 2 radical (unpaired) electrons. The van der Waals surface area contributed by atoms with Gasteiger partial charge in [-0.15, -0.1) is 0 Å². The summed E-state index contributed by atoms with van der Waals surface area (Å²) in [6, 6.07) is 0. The third-order valence-electron chi connectivity index (χ3n) is 0. The van der Waals surface area contributed by atoms with E-state index in [9.17, 15) is 0 Å². The molecule has 0 unspecified atom stereocenters. The zero-order valence-corrected chi connectivity index (χ0v) is 17.6. The van der Waals surface area contributed by atoms with Gasteiger partial charge in [0.2, 0.25) is 0 Å². The molecule has 0 saturated heterocycles. The maximum atomic E-state index is 8.52. The molecule has 0 N–H and O–H groups in total. The summed E-state index contributed by atoms with van der Waals surface area (Å²) in [5.41, 5.74) is 0. The fraction of sp³-hybridized carbons (Fsp3) is 0. The van der Waals surface area contributed by atoms with E-state index in [1.807, 2.05) is 0 Å². The Labute approximate surface area is 155 Å². The summed E-state index contributed by atoms with van der Waals surface area (Å²) in [5, 5.41) is 0. The summed E-state index contributed by atoms with van der Waals surface area (Å²) in [4.78, 5) is 51.1. The molecule has 0 saturated carbocycles. The average molecular weight is 500 g/mol. The van der Waals surface area contributed by atoms with Crippen LogP contribution in [0.3, 0.4) is 0 Å². The Morgan fingerprint density at radius 1 is 0.600 bits per heavy atom. The molecule has 0 heterocycles. The van der Waals surface area contributed by atoms with Crippen molar-refractivity contribution in [2.45, 2.75) is 0 Å². The van der Waals surface area contributed by atoms with Crippen molar-refractivity contribution in [2.24, 2.45) is 0 Å². The van der Waals surface area contributed by atoms with Gasteiger partial charge in [-0.2, -0.15) is 0 Å². The van der Waals surface area contributed by atoms with Crippen LogP contribution in [0.1, 0.15) is 0 Å². The minimum atomic E-state index is -3.63. The number of hydrogen-bond donors (Lipinski definition) is 0. The predicted molar refractivity (Wildman–Crippen MR) is 36.6 cm³/mol. The first-order valence-corrected chi connectivity index (χ1v) is 5.51. The molecule has 0 aromatic rings. The van der Waals surface area contributed by atoms with Gasteiger partial charge >= 0.3 is 88.1 Å². The van der Waals surface area contributed by atoms with Gasteiger partial charge in [-0.25, -0.2) is 0 Å². The number of rotatable bonds is 0. The largest absolute Gasteiger partial charge is 2.00 e. The average Bonchev–Trinajstić information content (AvgIpc) is 1.54. The van der Waals surface area contributed by atoms with Gasteiger partial charge in [0.15, 0.2) is 0 Å². The van der Waals surface area contributed by atoms with Gasteiger partial charge in [-0.05, 0) is 0 Å². The van der Waals surface area contributed by atoms with Gasteiger partial charge in [-0.1, -0.05) is 0 Å². The van der Waals surface area contributed by atoms with Crippen LogP contribution in [0.5, 0.6) is 0 Å². The molecule has 0 aromatic carbocycles. The van der Waals surface area contributed by atoms with E-state index >= 15 is 0 Å². The minimum Gasteiger partial charge on any atom is -0.672 e. The van der Waals surface area contributed by atoms with Crippen molar-refractivity contribution < 1.29 is 42.2 Å². The smallest absolute Gasteiger partial charge is 0.672 e. The van der Waals surface area contributed by atoms with Crippen molar-refractivity contribution in [2.75, 3.05) is 0 Å². The molecule has 0 aliphatic rings. The first kappa shape index (κ1) is 36.0. The second-order valence-corrected chi connectivity index (χ2v) is 2.25. The van der Waals surface area contributed by atoms with Crippen LogP contribution in [0.15, 0.2) is 0 Å². The van der Waals surface area contributed by atoms with Gasteiger partial charge in [0.25, 0.3) is 0 Å². The molecule has 15 heteroatoms. The normalized spacial score (nSPS) is 4.80. The Bertz CT molecular complexity index is 123. The van der Waals surface area contributed by atoms with Crippen LogP contribution < -0.4 is 28.8 Å². The van der Waals surface area contributed by atoms with Crippen LogP contribution >= 0.6 is 0 Å². The third-order valence-corrected chi connectivity index (χ3v) is 0. The Kier molecular flexibility index (Phi) is 71.1. The fourth-order valence-corrected chi connectivity index (χ4v) is 0. The molecule has 74 valence electrons. The summed E-state index contributed by atoms with van der Waals surface area (Å²) in [7, 11) is -10.9. The Hall–Kier alpha value is 1.80. The van der Waals surface area contributed by atoms with E-state index in [1.165, 1.54) is 0 Å². The molecule has 0 aliphatic heterocycles. The molecule has 0 bridgehead atoms. The van der Waals surface area contributed by atoms with Gasteiger partial charge in [0.05, 0.1) is 0 Å². The zero-order chi connectivity index (χ0) is 10.7. The SMILES string of the molecule is O=[Si]([O-])[O-].O=[Si]([O-])[O-].O=[Si]([O-])[O-].[Ca+2].[Mg+2].[Pb+2]. The Balaban J connectivity index is -0.0000000184. The molecule has 0 atom stereocenters. The summed E-state index contributed by atoms with van der Waals surface area (Å²) in [6.07, 6.45) is 0. The predicted octanol–water partition coefficient (Wildman–Crippen LogP) is -9.78. The summed E-state index contributed by atoms with van der Waals surface area (Å²) in [5.74, 6) is 0. The van der Waals surface area contributed by atoms with E-state index in [0.717, 1.165) is 0 Å². The van der Waals surface area contributed by atoms with Gasteiger partial charge in [0, 0.05) is 27.5 Å². The minimum absolute atomic E-state index is 0.